The Morgan fingerprint density at radius 3 is 2.66 bits per heavy atom. The fourth-order valence-electron chi connectivity index (χ4n) is 4.62. The van der Waals surface area contributed by atoms with Gasteiger partial charge in [0.25, 0.3) is 0 Å². The monoisotopic (exact) mass is 432 g/mol. The van der Waals surface area contributed by atoms with Crippen molar-refractivity contribution in [2.75, 3.05) is 30.0 Å². The van der Waals surface area contributed by atoms with Gasteiger partial charge in [-0.3, -0.25) is 4.68 Å². The molecule has 1 saturated carbocycles. The summed E-state index contributed by atoms with van der Waals surface area (Å²) < 4.78 is 13.9. The number of aromatic nitrogens is 4. The highest BCUT2D eigenvalue weighted by Crippen LogP contribution is 2.49. The van der Waals surface area contributed by atoms with Crippen molar-refractivity contribution in [3.8, 4) is 17.3 Å². The molecule has 8 nitrogen and oxygen atoms in total. The van der Waals surface area contributed by atoms with Crippen molar-refractivity contribution < 1.29 is 9.47 Å². The van der Waals surface area contributed by atoms with E-state index in [9.17, 15) is 0 Å². The third kappa shape index (κ3) is 3.58. The lowest BCUT2D eigenvalue weighted by molar-refractivity contribution is 0.0978. The molecule has 0 amide bonds. The first kappa shape index (κ1) is 19.5. The van der Waals surface area contributed by atoms with E-state index in [1.54, 1.807) is 10.9 Å². The summed E-state index contributed by atoms with van der Waals surface area (Å²) in [6.45, 7) is 4.47. The van der Waals surface area contributed by atoms with Crippen LogP contribution >= 0.6 is 0 Å². The molecule has 4 heterocycles. The van der Waals surface area contributed by atoms with E-state index in [4.69, 9.17) is 19.4 Å². The molecule has 0 radical (unpaired) electrons. The maximum absolute atomic E-state index is 6.43. The van der Waals surface area contributed by atoms with Crippen molar-refractivity contribution in [1.29, 1.82) is 0 Å². The van der Waals surface area contributed by atoms with Crippen LogP contribution in [0, 0.1) is 0 Å². The van der Waals surface area contributed by atoms with Gasteiger partial charge < -0.3 is 19.7 Å². The van der Waals surface area contributed by atoms with Gasteiger partial charge in [0.15, 0.2) is 5.82 Å². The van der Waals surface area contributed by atoms with Gasteiger partial charge in [-0.15, -0.1) is 0 Å². The second kappa shape index (κ2) is 7.48. The molecule has 2 fully saturated rings. The van der Waals surface area contributed by atoms with E-state index in [-0.39, 0.29) is 11.6 Å². The summed E-state index contributed by atoms with van der Waals surface area (Å²) in [6, 6.07) is 8.49. The Hall–Kier alpha value is -3.13. The minimum Gasteiger partial charge on any atom is -0.471 e. The van der Waals surface area contributed by atoms with Crippen LogP contribution in [0.5, 0.6) is 5.88 Å². The molecule has 2 aliphatic heterocycles. The molecule has 2 aromatic heterocycles. The number of morpholine rings is 1. The quantitative estimate of drug-likeness (QED) is 0.673. The fourth-order valence-corrected chi connectivity index (χ4v) is 4.62. The molecule has 3 aliphatic rings. The van der Waals surface area contributed by atoms with E-state index < -0.39 is 0 Å². The van der Waals surface area contributed by atoms with Crippen LogP contribution in [0.3, 0.4) is 0 Å². The van der Waals surface area contributed by atoms with Crippen LogP contribution in [0.4, 0.5) is 17.2 Å². The van der Waals surface area contributed by atoms with Crippen molar-refractivity contribution in [2.24, 2.45) is 7.05 Å². The average Bonchev–Trinajstić information content (AvgIpc) is 3.42. The number of nitrogens with one attached hydrogen (secondary N) is 1. The van der Waals surface area contributed by atoms with Gasteiger partial charge in [-0.25, -0.2) is 4.98 Å². The zero-order chi connectivity index (χ0) is 21.7. The summed E-state index contributed by atoms with van der Waals surface area (Å²) in [5.74, 6) is 2.49. The van der Waals surface area contributed by atoms with Crippen molar-refractivity contribution in [2.45, 2.75) is 44.2 Å². The summed E-state index contributed by atoms with van der Waals surface area (Å²) >= 11 is 0. The van der Waals surface area contributed by atoms with Gasteiger partial charge in [-0.05, 0) is 56.9 Å². The largest absolute Gasteiger partial charge is 0.471 e. The molecule has 1 saturated heterocycles. The topological polar surface area (TPSA) is 77.3 Å². The van der Waals surface area contributed by atoms with Gasteiger partial charge in [0.2, 0.25) is 5.88 Å². The predicted octanol–water partition coefficient (Wildman–Crippen LogP) is 3.70. The summed E-state index contributed by atoms with van der Waals surface area (Å²) in [5.41, 5.74) is 4.09. The SMILES string of the molecule is C[C@H]1COCCN1c1nc(-c2ccc(Nc3cnn(C)c3)cc2)nc2c1CCC1(CC1)O2. The standard InChI is InChI=1S/C24H28N6O2/c1-16-15-31-12-11-30(16)22-20-7-8-24(9-10-24)32-23(20)28-21(27-22)17-3-5-18(6-4-17)26-19-13-25-29(2)14-19/h3-6,13-14,16,26H,7-12,15H2,1-2H3/t16-/m0/s1. The first-order valence-corrected chi connectivity index (χ1v) is 11.4. The lowest BCUT2D eigenvalue weighted by atomic mass is 10.0. The Labute approximate surface area is 187 Å². The number of rotatable bonds is 4. The average molecular weight is 433 g/mol. The second-order valence-corrected chi connectivity index (χ2v) is 9.16. The van der Waals surface area contributed by atoms with Crippen molar-refractivity contribution in [3.63, 3.8) is 0 Å². The molecule has 0 bridgehead atoms. The highest BCUT2D eigenvalue weighted by atomic mass is 16.5. The summed E-state index contributed by atoms with van der Waals surface area (Å²) in [7, 11) is 1.91. The highest BCUT2D eigenvalue weighted by Gasteiger charge is 2.49. The predicted molar refractivity (Wildman–Crippen MR) is 122 cm³/mol. The number of ether oxygens (including phenoxy) is 2. The van der Waals surface area contributed by atoms with Crippen LogP contribution < -0.4 is 15.0 Å². The maximum atomic E-state index is 6.43. The molecule has 1 N–H and O–H groups in total. The van der Waals surface area contributed by atoms with E-state index in [1.165, 1.54) is 0 Å². The van der Waals surface area contributed by atoms with Gasteiger partial charge >= 0.3 is 0 Å². The van der Waals surface area contributed by atoms with E-state index in [2.05, 4.69) is 34.4 Å². The normalized spacial score (nSPS) is 21.2. The molecule has 0 unspecified atom stereocenters. The Balaban J connectivity index is 1.35. The minimum absolute atomic E-state index is 0.0179. The van der Waals surface area contributed by atoms with Crippen LogP contribution in [0.2, 0.25) is 0 Å². The van der Waals surface area contributed by atoms with E-state index >= 15 is 0 Å². The Kier molecular flexibility index (Phi) is 4.57. The number of hydrogen-bond acceptors (Lipinski definition) is 7. The molecule has 6 rings (SSSR count). The fraction of sp³-hybridized carbons (Fsp3) is 0.458. The highest BCUT2D eigenvalue weighted by molar-refractivity contribution is 5.67. The molecule has 32 heavy (non-hydrogen) atoms. The molecular formula is C24H28N6O2. The van der Waals surface area contributed by atoms with Crippen LogP contribution in [0.25, 0.3) is 11.4 Å². The molecule has 166 valence electrons. The lowest BCUT2D eigenvalue weighted by Crippen LogP contribution is -2.45. The van der Waals surface area contributed by atoms with E-state index in [1.807, 2.05) is 25.4 Å². The second-order valence-electron chi connectivity index (χ2n) is 9.16. The molecular weight excluding hydrogens is 404 g/mol. The number of benzene rings is 1. The van der Waals surface area contributed by atoms with Crippen molar-refractivity contribution in [1.82, 2.24) is 19.7 Å². The molecule has 1 spiro atoms. The smallest absolute Gasteiger partial charge is 0.222 e. The molecule has 1 aromatic carbocycles. The number of aryl methyl sites for hydroxylation is 1. The van der Waals surface area contributed by atoms with E-state index in [0.29, 0.717) is 12.4 Å². The minimum atomic E-state index is 0.0179. The zero-order valence-corrected chi connectivity index (χ0v) is 18.5. The third-order valence-corrected chi connectivity index (χ3v) is 6.68. The molecule has 8 heteroatoms. The van der Waals surface area contributed by atoms with Crippen LogP contribution in [0.1, 0.15) is 31.7 Å². The van der Waals surface area contributed by atoms with Gasteiger partial charge in [0.1, 0.15) is 11.4 Å². The number of anilines is 3. The molecule has 3 aromatic rings. The van der Waals surface area contributed by atoms with Crippen LogP contribution in [-0.2, 0) is 18.2 Å². The van der Waals surface area contributed by atoms with Crippen molar-refractivity contribution >= 4 is 17.2 Å². The van der Waals surface area contributed by atoms with Gasteiger partial charge in [-0.2, -0.15) is 10.1 Å². The lowest BCUT2D eigenvalue weighted by Gasteiger charge is -2.37. The Morgan fingerprint density at radius 1 is 1.09 bits per heavy atom. The zero-order valence-electron chi connectivity index (χ0n) is 18.5. The maximum Gasteiger partial charge on any atom is 0.222 e. The van der Waals surface area contributed by atoms with Crippen LogP contribution in [0.15, 0.2) is 36.7 Å². The van der Waals surface area contributed by atoms with Gasteiger partial charge in [-0.1, -0.05) is 0 Å². The van der Waals surface area contributed by atoms with Gasteiger partial charge in [0, 0.05) is 31.0 Å². The van der Waals surface area contributed by atoms with Crippen LogP contribution in [-0.4, -0.2) is 51.1 Å². The Morgan fingerprint density at radius 2 is 1.94 bits per heavy atom. The van der Waals surface area contributed by atoms with E-state index in [0.717, 1.165) is 73.0 Å². The summed E-state index contributed by atoms with van der Waals surface area (Å²) in [4.78, 5) is 12.3. The number of nitrogens with zero attached hydrogens (tertiary/aromatic N) is 5. The molecule has 1 aliphatic carbocycles. The first-order valence-electron chi connectivity index (χ1n) is 11.4. The van der Waals surface area contributed by atoms with Crippen molar-refractivity contribution in [3.05, 3.63) is 42.2 Å². The number of hydrogen-bond donors (Lipinski definition) is 1. The summed E-state index contributed by atoms with van der Waals surface area (Å²) in [5, 5.41) is 7.57. The first-order chi connectivity index (χ1) is 15.6. The Bertz CT molecular complexity index is 1140. The summed E-state index contributed by atoms with van der Waals surface area (Å²) in [6.07, 6.45) is 8.04. The molecule has 1 atom stereocenters. The number of fused-ring (bicyclic) bond motifs is 1. The third-order valence-electron chi connectivity index (χ3n) is 6.68. The van der Waals surface area contributed by atoms with Gasteiger partial charge in [0.05, 0.1) is 36.7 Å².